The molecule has 2 aromatic carbocycles. The van der Waals surface area contributed by atoms with Gasteiger partial charge in [0.05, 0.1) is 5.92 Å². The fourth-order valence-corrected chi connectivity index (χ4v) is 5.42. The summed E-state index contributed by atoms with van der Waals surface area (Å²) in [6.07, 6.45) is 1.17. The molecule has 0 bridgehead atoms. The first-order chi connectivity index (χ1) is 15.7. The van der Waals surface area contributed by atoms with Gasteiger partial charge in [0.25, 0.3) is 0 Å². The summed E-state index contributed by atoms with van der Waals surface area (Å²) in [6, 6.07) is 9.48. The highest BCUT2D eigenvalue weighted by Gasteiger charge is 2.31. The quantitative estimate of drug-likeness (QED) is 0.294. The molecular weight excluding hydrogens is 442 g/mol. The van der Waals surface area contributed by atoms with E-state index in [4.69, 9.17) is 14.5 Å². The van der Waals surface area contributed by atoms with Gasteiger partial charge in [0, 0.05) is 18.4 Å². The van der Waals surface area contributed by atoms with Gasteiger partial charge in [-0.1, -0.05) is 17.2 Å². The molecule has 1 saturated carbocycles. The van der Waals surface area contributed by atoms with Crippen LogP contribution in [0.25, 0.3) is 20.8 Å². The van der Waals surface area contributed by atoms with Crippen LogP contribution in [-0.4, -0.2) is 33.4 Å². The van der Waals surface area contributed by atoms with Crippen molar-refractivity contribution in [1.82, 2.24) is 4.98 Å². The molecule has 1 aliphatic rings. The van der Waals surface area contributed by atoms with E-state index in [0.29, 0.717) is 47.4 Å². The zero-order valence-electron chi connectivity index (χ0n) is 18.8. The van der Waals surface area contributed by atoms with Crippen LogP contribution in [0.5, 0.6) is 11.5 Å². The molecule has 2 N–H and O–H groups in total. The van der Waals surface area contributed by atoms with E-state index in [1.807, 2.05) is 26.0 Å². The molecule has 1 aliphatic carbocycles. The highest BCUT2D eigenvalue weighted by atomic mass is 32.1. The minimum absolute atomic E-state index is 0.143. The average molecular weight is 470 g/mol. The SMILES string of the molecule is CC(=O)Oc1ccc(OC(O)C2CCC(C(=O)O)CC2)c2sc(-c3cc(C)cc(C)c3)nc12. The molecule has 0 aliphatic heterocycles. The number of benzene rings is 2. The molecule has 1 unspecified atom stereocenters. The van der Waals surface area contributed by atoms with Crippen molar-refractivity contribution in [3.8, 4) is 22.1 Å². The number of hydrogen-bond acceptors (Lipinski definition) is 7. The van der Waals surface area contributed by atoms with E-state index in [-0.39, 0.29) is 11.8 Å². The maximum Gasteiger partial charge on any atom is 0.308 e. The van der Waals surface area contributed by atoms with Crippen molar-refractivity contribution in [2.75, 3.05) is 0 Å². The third-order valence-corrected chi connectivity index (χ3v) is 7.08. The zero-order valence-corrected chi connectivity index (χ0v) is 19.6. The first-order valence-electron chi connectivity index (χ1n) is 11.0. The number of nitrogens with zero attached hydrogens (tertiary/aromatic N) is 1. The Morgan fingerprint density at radius 2 is 1.70 bits per heavy atom. The van der Waals surface area contributed by atoms with Gasteiger partial charge in [-0.2, -0.15) is 0 Å². The van der Waals surface area contributed by atoms with Crippen LogP contribution in [-0.2, 0) is 9.59 Å². The van der Waals surface area contributed by atoms with Crippen molar-refractivity contribution < 1.29 is 29.3 Å². The normalized spacial score (nSPS) is 19.3. The second kappa shape index (κ2) is 9.49. The number of aryl methyl sites for hydroxylation is 2. The smallest absolute Gasteiger partial charge is 0.308 e. The fraction of sp³-hybridized carbons (Fsp3) is 0.400. The van der Waals surface area contributed by atoms with E-state index >= 15 is 0 Å². The van der Waals surface area contributed by atoms with Crippen LogP contribution in [0.4, 0.5) is 0 Å². The number of rotatable bonds is 6. The summed E-state index contributed by atoms with van der Waals surface area (Å²) in [5, 5.41) is 20.7. The number of aliphatic hydroxyl groups excluding tert-OH is 1. The first-order valence-corrected chi connectivity index (χ1v) is 11.8. The Bertz CT molecular complexity index is 1170. The summed E-state index contributed by atoms with van der Waals surface area (Å²) in [6.45, 7) is 5.39. The van der Waals surface area contributed by atoms with Crippen molar-refractivity contribution in [2.45, 2.75) is 52.7 Å². The Hall–Kier alpha value is -2.97. The minimum Gasteiger partial charge on any atom is -0.481 e. The standard InChI is InChI=1S/C25H27NO6S/c1-13-10-14(2)12-18(11-13)23-26-21-19(31-15(3)27)8-9-20(22(21)33-23)32-25(30)17-6-4-16(5-7-17)24(28)29/h8-12,16-17,25,30H,4-7H2,1-3H3,(H,28,29). The Kier molecular flexibility index (Phi) is 6.67. The van der Waals surface area contributed by atoms with Gasteiger partial charge < -0.3 is 19.7 Å². The fourth-order valence-electron chi connectivity index (χ4n) is 4.39. The number of aliphatic hydroxyl groups is 1. The molecule has 0 radical (unpaired) electrons. The number of carboxylic acid groups (broad SMARTS) is 1. The van der Waals surface area contributed by atoms with E-state index in [1.165, 1.54) is 18.3 Å². The van der Waals surface area contributed by atoms with Crippen LogP contribution in [0.1, 0.15) is 43.7 Å². The van der Waals surface area contributed by atoms with Crippen molar-refractivity contribution in [1.29, 1.82) is 0 Å². The highest BCUT2D eigenvalue weighted by molar-refractivity contribution is 7.22. The second-order valence-electron chi connectivity index (χ2n) is 8.69. The number of aromatic nitrogens is 1. The van der Waals surface area contributed by atoms with Crippen LogP contribution in [0.15, 0.2) is 30.3 Å². The maximum absolute atomic E-state index is 11.6. The number of carboxylic acids is 1. The molecule has 174 valence electrons. The number of ether oxygens (including phenoxy) is 2. The van der Waals surface area contributed by atoms with Gasteiger partial charge in [0.2, 0.25) is 0 Å². The predicted molar refractivity (Wildman–Crippen MR) is 126 cm³/mol. The van der Waals surface area contributed by atoms with Crippen molar-refractivity contribution >= 4 is 33.5 Å². The van der Waals surface area contributed by atoms with Crippen LogP contribution in [0.3, 0.4) is 0 Å². The number of carbonyl (C=O) groups is 2. The summed E-state index contributed by atoms with van der Waals surface area (Å²) < 4.78 is 12.0. The van der Waals surface area contributed by atoms with E-state index < -0.39 is 18.2 Å². The van der Waals surface area contributed by atoms with Gasteiger partial charge in [-0.05, 0) is 63.8 Å². The number of carbonyl (C=O) groups excluding carboxylic acids is 1. The van der Waals surface area contributed by atoms with Crippen LogP contribution >= 0.6 is 11.3 Å². The maximum atomic E-state index is 11.6. The Balaban J connectivity index is 1.66. The molecule has 1 heterocycles. The largest absolute Gasteiger partial charge is 0.481 e. The van der Waals surface area contributed by atoms with Crippen molar-refractivity contribution in [3.05, 3.63) is 41.5 Å². The number of thiazole rings is 1. The molecule has 0 amide bonds. The summed E-state index contributed by atoms with van der Waals surface area (Å²) in [7, 11) is 0. The van der Waals surface area contributed by atoms with Crippen LogP contribution in [0, 0.1) is 25.7 Å². The van der Waals surface area contributed by atoms with Crippen LogP contribution < -0.4 is 9.47 Å². The molecule has 8 heteroatoms. The zero-order chi connectivity index (χ0) is 23.7. The summed E-state index contributed by atoms with van der Waals surface area (Å²) in [5.74, 6) is -0.924. The minimum atomic E-state index is -1.06. The third kappa shape index (κ3) is 5.17. The third-order valence-electron chi connectivity index (χ3n) is 5.96. The van der Waals surface area contributed by atoms with Gasteiger partial charge in [-0.3, -0.25) is 9.59 Å². The lowest BCUT2D eigenvalue weighted by molar-refractivity contribution is -0.144. The molecule has 0 spiro atoms. The predicted octanol–water partition coefficient (Wildman–Crippen LogP) is 5.09. The molecule has 1 fully saturated rings. The highest BCUT2D eigenvalue weighted by Crippen LogP contribution is 2.42. The lowest BCUT2D eigenvalue weighted by Crippen LogP contribution is -2.32. The lowest BCUT2D eigenvalue weighted by Gasteiger charge is -2.29. The molecule has 4 rings (SSSR count). The topological polar surface area (TPSA) is 106 Å². The molecule has 1 atom stereocenters. The number of hydrogen-bond donors (Lipinski definition) is 2. The van der Waals surface area contributed by atoms with Gasteiger partial charge in [-0.15, -0.1) is 11.3 Å². The summed E-state index contributed by atoms with van der Waals surface area (Å²) in [4.78, 5) is 27.6. The molecule has 3 aromatic rings. The van der Waals surface area contributed by atoms with E-state index in [2.05, 4.69) is 6.07 Å². The number of aliphatic carboxylic acids is 1. The van der Waals surface area contributed by atoms with Crippen molar-refractivity contribution in [3.63, 3.8) is 0 Å². The van der Waals surface area contributed by atoms with Gasteiger partial charge in [0.15, 0.2) is 12.0 Å². The Morgan fingerprint density at radius 3 is 2.30 bits per heavy atom. The van der Waals surface area contributed by atoms with E-state index in [0.717, 1.165) is 21.7 Å². The number of esters is 1. The molecular formula is C25H27NO6S. The van der Waals surface area contributed by atoms with Crippen LogP contribution in [0.2, 0.25) is 0 Å². The molecule has 1 aromatic heterocycles. The first kappa shape index (κ1) is 23.2. The second-order valence-corrected chi connectivity index (χ2v) is 9.69. The van der Waals surface area contributed by atoms with Gasteiger partial charge in [-0.25, -0.2) is 4.98 Å². The molecule has 33 heavy (non-hydrogen) atoms. The Morgan fingerprint density at radius 1 is 1.06 bits per heavy atom. The Labute approximate surface area is 196 Å². The lowest BCUT2D eigenvalue weighted by atomic mass is 9.82. The molecule has 0 saturated heterocycles. The van der Waals surface area contributed by atoms with Gasteiger partial charge in [0.1, 0.15) is 21.0 Å². The van der Waals surface area contributed by atoms with E-state index in [9.17, 15) is 19.8 Å². The van der Waals surface area contributed by atoms with E-state index in [1.54, 1.807) is 12.1 Å². The summed E-state index contributed by atoms with van der Waals surface area (Å²) >= 11 is 1.41. The average Bonchev–Trinajstić information content (AvgIpc) is 3.21. The number of fused-ring (bicyclic) bond motifs is 1. The van der Waals surface area contributed by atoms with Crippen molar-refractivity contribution in [2.24, 2.45) is 11.8 Å². The monoisotopic (exact) mass is 469 g/mol. The summed E-state index contributed by atoms with van der Waals surface area (Å²) in [5.41, 5.74) is 3.70. The van der Waals surface area contributed by atoms with Gasteiger partial charge >= 0.3 is 11.9 Å². The molecule has 7 nitrogen and oxygen atoms in total.